The van der Waals surface area contributed by atoms with Crippen LogP contribution in [0, 0.1) is 11.3 Å². The van der Waals surface area contributed by atoms with Crippen LogP contribution in [-0.4, -0.2) is 22.2 Å². The van der Waals surface area contributed by atoms with Crippen LogP contribution in [0.3, 0.4) is 0 Å². The molecule has 0 fully saturated rings. The molecule has 0 radical (unpaired) electrons. The van der Waals surface area contributed by atoms with Crippen LogP contribution in [0.4, 0.5) is 0 Å². The Morgan fingerprint density at radius 1 is 1.65 bits per heavy atom. The van der Waals surface area contributed by atoms with E-state index in [9.17, 15) is 0 Å². The fourth-order valence-corrected chi connectivity index (χ4v) is 1.93. The van der Waals surface area contributed by atoms with E-state index in [-0.39, 0.29) is 0 Å². The molecule has 0 aliphatic heterocycles. The first kappa shape index (κ1) is 13.7. The third-order valence-corrected chi connectivity index (χ3v) is 3.20. The minimum Gasteiger partial charge on any atom is -0.481 e. The first-order chi connectivity index (χ1) is 8.26. The third-order valence-electron chi connectivity index (χ3n) is 1.89. The highest BCUT2D eigenvalue weighted by Crippen LogP contribution is 2.08. The van der Waals surface area contributed by atoms with E-state index in [0.717, 1.165) is 11.3 Å². The van der Waals surface area contributed by atoms with Gasteiger partial charge in [-0.3, -0.25) is 0 Å². The lowest BCUT2D eigenvalue weighted by Gasteiger charge is -2.06. The van der Waals surface area contributed by atoms with Crippen LogP contribution in [0.15, 0.2) is 18.3 Å². The Bertz CT molecular complexity index is 400. The predicted molar refractivity (Wildman–Crippen MR) is 72.9 cm³/mol. The molecule has 0 unspecified atom stereocenters. The Morgan fingerprint density at radius 3 is 3.06 bits per heavy atom. The summed E-state index contributed by atoms with van der Waals surface area (Å²) in [6, 6.07) is 5.82. The Kier molecular flexibility index (Phi) is 6.37. The summed E-state index contributed by atoms with van der Waals surface area (Å²) in [6.45, 7) is 0.634. The molecule has 0 bridgehead atoms. The number of thiocarbonyl (C=S) groups is 1. The number of ether oxygens (including phenoxy) is 1. The van der Waals surface area contributed by atoms with E-state index in [1.54, 1.807) is 13.3 Å². The molecule has 0 aliphatic rings. The summed E-state index contributed by atoms with van der Waals surface area (Å²) in [5, 5.41) is 11.5. The van der Waals surface area contributed by atoms with Gasteiger partial charge in [-0.2, -0.15) is 5.26 Å². The van der Waals surface area contributed by atoms with Crippen molar-refractivity contribution in [2.75, 3.05) is 12.9 Å². The van der Waals surface area contributed by atoms with Gasteiger partial charge in [0.2, 0.25) is 5.88 Å². The van der Waals surface area contributed by atoms with Gasteiger partial charge in [-0.25, -0.2) is 4.98 Å². The lowest BCUT2D eigenvalue weighted by atomic mass is 10.3. The topological polar surface area (TPSA) is 57.9 Å². The molecule has 1 aromatic rings. The van der Waals surface area contributed by atoms with Crippen molar-refractivity contribution < 1.29 is 4.74 Å². The number of aromatic nitrogens is 1. The predicted octanol–water partition coefficient (Wildman–Crippen LogP) is 2.11. The van der Waals surface area contributed by atoms with Crippen molar-refractivity contribution in [3.63, 3.8) is 0 Å². The number of hydrogen-bond acceptors (Lipinski definition) is 5. The second kappa shape index (κ2) is 7.87. The van der Waals surface area contributed by atoms with Gasteiger partial charge < -0.3 is 10.1 Å². The molecule has 0 amide bonds. The van der Waals surface area contributed by atoms with Crippen molar-refractivity contribution in [3.05, 3.63) is 23.9 Å². The Hall–Kier alpha value is -1.32. The molecule has 0 saturated heterocycles. The summed E-state index contributed by atoms with van der Waals surface area (Å²) in [5.41, 5.74) is 1.04. The van der Waals surface area contributed by atoms with Gasteiger partial charge in [0.25, 0.3) is 0 Å². The van der Waals surface area contributed by atoms with Gasteiger partial charge in [0.05, 0.1) is 13.2 Å². The standard InChI is InChI=1S/C11H13N3OS2/c1-15-10-4-3-9(7-13-10)8-14-11(16)17-6-2-5-12/h3-4,7H,2,6,8H2,1H3,(H,14,16). The van der Waals surface area contributed by atoms with Crippen LogP contribution in [0.5, 0.6) is 5.88 Å². The van der Waals surface area contributed by atoms with Crippen LogP contribution in [-0.2, 0) is 6.54 Å². The van der Waals surface area contributed by atoms with Gasteiger partial charge >= 0.3 is 0 Å². The quantitative estimate of drug-likeness (QED) is 0.651. The number of nitrogens with zero attached hydrogens (tertiary/aromatic N) is 2. The van der Waals surface area contributed by atoms with Crippen molar-refractivity contribution in [2.24, 2.45) is 0 Å². The molecule has 0 spiro atoms. The lowest BCUT2D eigenvalue weighted by molar-refractivity contribution is 0.397. The first-order valence-corrected chi connectivity index (χ1v) is 6.42. The van der Waals surface area contributed by atoms with E-state index in [1.165, 1.54) is 11.8 Å². The summed E-state index contributed by atoms with van der Waals surface area (Å²) in [6.07, 6.45) is 2.25. The zero-order valence-electron chi connectivity index (χ0n) is 9.47. The zero-order valence-corrected chi connectivity index (χ0v) is 11.1. The molecule has 0 atom stereocenters. The van der Waals surface area contributed by atoms with Crippen LogP contribution in [0.25, 0.3) is 0 Å². The number of pyridine rings is 1. The molecular weight excluding hydrogens is 254 g/mol. The van der Waals surface area contributed by atoms with Crippen LogP contribution in [0.2, 0.25) is 0 Å². The van der Waals surface area contributed by atoms with E-state index in [2.05, 4.69) is 16.4 Å². The summed E-state index contributed by atoms with van der Waals surface area (Å²) in [4.78, 5) is 4.10. The normalized spacial score (nSPS) is 9.41. The van der Waals surface area contributed by atoms with E-state index >= 15 is 0 Å². The number of methoxy groups -OCH3 is 1. The molecule has 1 heterocycles. The van der Waals surface area contributed by atoms with E-state index in [0.29, 0.717) is 23.2 Å². The molecular formula is C11H13N3OS2. The molecule has 1 N–H and O–H groups in total. The minimum atomic E-state index is 0.510. The smallest absolute Gasteiger partial charge is 0.212 e. The van der Waals surface area contributed by atoms with E-state index in [4.69, 9.17) is 22.2 Å². The van der Waals surface area contributed by atoms with Crippen molar-refractivity contribution >= 4 is 28.3 Å². The van der Waals surface area contributed by atoms with Crippen molar-refractivity contribution in [1.29, 1.82) is 5.26 Å². The Balaban J connectivity index is 2.29. The van der Waals surface area contributed by atoms with E-state index < -0.39 is 0 Å². The van der Waals surface area contributed by atoms with Crippen LogP contribution >= 0.6 is 24.0 Å². The highest BCUT2D eigenvalue weighted by Gasteiger charge is 1.99. The second-order valence-corrected chi connectivity index (χ2v) is 4.88. The van der Waals surface area contributed by atoms with Crippen LogP contribution < -0.4 is 10.1 Å². The van der Waals surface area contributed by atoms with Gasteiger partial charge in [-0.05, 0) is 5.56 Å². The maximum Gasteiger partial charge on any atom is 0.212 e. The fraction of sp³-hybridized carbons (Fsp3) is 0.364. The van der Waals surface area contributed by atoms with Gasteiger partial charge in [-0.1, -0.05) is 30.0 Å². The number of nitrogens with one attached hydrogen (secondary N) is 1. The molecule has 0 saturated carbocycles. The summed E-state index contributed by atoms with van der Waals surface area (Å²) >= 11 is 6.59. The molecule has 1 rings (SSSR count). The summed E-state index contributed by atoms with van der Waals surface area (Å²) in [7, 11) is 1.58. The first-order valence-electron chi connectivity index (χ1n) is 5.02. The minimum absolute atomic E-state index is 0.510. The largest absolute Gasteiger partial charge is 0.481 e. The average Bonchev–Trinajstić information content (AvgIpc) is 2.37. The Morgan fingerprint density at radius 2 is 2.47 bits per heavy atom. The monoisotopic (exact) mass is 267 g/mol. The fourth-order valence-electron chi connectivity index (χ4n) is 1.05. The number of rotatable bonds is 5. The van der Waals surface area contributed by atoms with Crippen molar-refractivity contribution in [1.82, 2.24) is 10.3 Å². The zero-order chi connectivity index (χ0) is 12.5. The molecule has 0 aromatic carbocycles. The lowest BCUT2D eigenvalue weighted by Crippen LogP contribution is -2.18. The number of thioether (sulfide) groups is 1. The second-order valence-electron chi connectivity index (χ2n) is 3.11. The van der Waals surface area contributed by atoms with Gasteiger partial charge in [0.15, 0.2) is 0 Å². The molecule has 0 aliphatic carbocycles. The average molecular weight is 267 g/mol. The molecule has 90 valence electrons. The summed E-state index contributed by atoms with van der Waals surface area (Å²) < 4.78 is 5.67. The maximum absolute atomic E-state index is 8.39. The molecule has 4 nitrogen and oxygen atoms in total. The maximum atomic E-state index is 8.39. The molecule has 17 heavy (non-hydrogen) atoms. The number of nitriles is 1. The van der Waals surface area contributed by atoms with Crippen LogP contribution in [0.1, 0.15) is 12.0 Å². The van der Waals surface area contributed by atoms with Gasteiger partial charge in [-0.15, -0.1) is 0 Å². The highest BCUT2D eigenvalue weighted by atomic mass is 32.2. The van der Waals surface area contributed by atoms with Crippen molar-refractivity contribution in [2.45, 2.75) is 13.0 Å². The highest BCUT2D eigenvalue weighted by molar-refractivity contribution is 8.22. The molecule has 6 heteroatoms. The SMILES string of the molecule is COc1ccc(CNC(=S)SCCC#N)cn1. The Labute approximate surface area is 110 Å². The van der Waals surface area contributed by atoms with Gasteiger partial charge in [0.1, 0.15) is 4.32 Å². The summed E-state index contributed by atoms with van der Waals surface area (Å²) in [5.74, 6) is 1.32. The van der Waals surface area contributed by atoms with E-state index in [1.807, 2.05) is 12.1 Å². The van der Waals surface area contributed by atoms with Crippen molar-refractivity contribution in [3.8, 4) is 11.9 Å². The number of hydrogen-bond donors (Lipinski definition) is 1. The van der Waals surface area contributed by atoms with Gasteiger partial charge in [0, 0.05) is 31.0 Å². The molecule has 1 aromatic heterocycles. The third kappa shape index (κ3) is 5.52.